The molecule has 7 heteroatoms. The summed E-state index contributed by atoms with van der Waals surface area (Å²) in [4.78, 5) is 4.81. The van der Waals surface area contributed by atoms with E-state index in [1.165, 1.54) is 11.3 Å². The van der Waals surface area contributed by atoms with E-state index in [-0.39, 0.29) is 0 Å². The maximum absolute atomic E-state index is 5.79. The summed E-state index contributed by atoms with van der Waals surface area (Å²) >= 11 is 0. The number of hydrogen-bond donors (Lipinski definition) is 2. The number of nitrogens with zero attached hydrogens (tertiary/aromatic N) is 3. The molecular weight excluding hydrogens is 354 g/mol. The van der Waals surface area contributed by atoms with Gasteiger partial charge in [-0.15, -0.1) is 0 Å². The quantitative estimate of drug-likeness (QED) is 0.590. The van der Waals surface area contributed by atoms with E-state index < -0.39 is 0 Å². The van der Waals surface area contributed by atoms with Crippen molar-refractivity contribution in [1.29, 1.82) is 0 Å². The van der Waals surface area contributed by atoms with Crippen LogP contribution in [-0.2, 0) is 26.4 Å². The van der Waals surface area contributed by atoms with Crippen molar-refractivity contribution in [3.8, 4) is 11.5 Å². The van der Waals surface area contributed by atoms with Crippen LogP contribution >= 0.6 is 0 Å². The topological polar surface area (TPSA) is 72.7 Å². The van der Waals surface area contributed by atoms with Gasteiger partial charge in [0.1, 0.15) is 0 Å². The Kier molecular flexibility index (Phi) is 6.79. The highest BCUT2D eigenvalue weighted by molar-refractivity contribution is 5.93. The zero-order valence-corrected chi connectivity index (χ0v) is 17.3. The molecule has 0 bridgehead atoms. The van der Waals surface area contributed by atoms with Crippen LogP contribution in [0.4, 0.5) is 5.69 Å². The van der Waals surface area contributed by atoms with Crippen molar-refractivity contribution in [3.63, 3.8) is 0 Å². The van der Waals surface area contributed by atoms with Crippen LogP contribution in [0.5, 0.6) is 11.5 Å². The number of benzene rings is 1. The predicted molar refractivity (Wildman–Crippen MR) is 112 cm³/mol. The van der Waals surface area contributed by atoms with Crippen LogP contribution in [0.15, 0.2) is 23.2 Å². The van der Waals surface area contributed by atoms with Gasteiger partial charge in [-0.1, -0.05) is 13.8 Å². The molecule has 0 fully saturated rings. The molecule has 2 heterocycles. The summed E-state index contributed by atoms with van der Waals surface area (Å²) in [5.74, 6) is 2.30. The van der Waals surface area contributed by atoms with Gasteiger partial charge in [0.05, 0.1) is 25.5 Å². The summed E-state index contributed by atoms with van der Waals surface area (Å²) in [6.45, 7) is 9.09. The molecule has 28 heavy (non-hydrogen) atoms. The van der Waals surface area contributed by atoms with Crippen LogP contribution in [0.25, 0.3) is 0 Å². The Balaban J connectivity index is 1.80. The third-order valence-corrected chi connectivity index (χ3v) is 4.78. The molecule has 0 spiro atoms. The number of guanidine groups is 1. The molecule has 0 unspecified atom stereocenters. The van der Waals surface area contributed by atoms with E-state index in [0.29, 0.717) is 19.8 Å². The highest BCUT2D eigenvalue weighted by Gasteiger charge is 2.14. The lowest BCUT2D eigenvalue weighted by molar-refractivity contribution is 0.297. The highest BCUT2D eigenvalue weighted by Crippen LogP contribution is 2.32. The van der Waals surface area contributed by atoms with Gasteiger partial charge in [-0.05, 0) is 31.9 Å². The van der Waals surface area contributed by atoms with Gasteiger partial charge in [0.25, 0.3) is 0 Å². The van der Waals surface area contributed by atoms with Gasteiger partial charge in [-0.25, -0.2) is 4.99 Å². The number of nitrogens with one attached hydrogen (secondary N) is 2. The molecule has 1 aromatic heterocycles. The summed E-state index contributed by atoms with van der Waals surface area (Å²) in [6, 6.07) is 5.89. The van der Waals surface area contributed by atoms with Crippen molar-refractivity contribution in [1.82, 2.24) is 15.1 Å². The molecule has 2 aromatic rings. The molecule has 0 saturated carbocycles. The minimum absolute atomic E-state index is 0.597. The second kappa shape index (κ2) is 9.48. The van der Waals surface area contributed by atoms with Crippen molar-refractivity contribution in [2.75, 3.05) is 25.1 Å². The Morgan fingerprint density at radius 3 is 2.64 bits per heavy atom. The van der Waals surface area contributed by atoms with E-state index in [1.807, 2.05) is 29.9 Å². The molecule has 152 valence electrons. The van der Waals surface area contributed by atoms with Crippen LogP contribution in [-0.4, -0.2) is 35.5 Å². The van der Waals surface area contributed by atoms with Gasteiger partial charge in [0.2, 0.25) is 0 Å². The number of ether oxygens (including phenoxy) is 2. The monoisotopic (exact) mass is 385 g/mol. The Hall–Kier alpha value is -2.70. The average molecular weight is 386 g/mol. The lowest BCUT2D eigenvalue weighted by atomic mass is 10.1. The number of aliphatic imine (C=N–C) groups is 1. The van der Waals surface area contributed by atoms with Crippen LogP contribution in [0.2, 0.25) is 0 Å². The number of rotatable bonds is 6. The summed E-state index contributed by atoms with van der Waals surface area (Å²) in [6.07, 6.45) is 2.75. The van der Waals surface area contributed by atoms with Crippen LogP contribution < -0.4 is 20.1 Å². The standard InChI is InChI=1S/C21H31N5O2/c1-5-17-16(18(6-2)26(4)25-17)14-23-21(22-7-3)24-15-9-10-19-20(13-15)28-12-8-11-27-19/h9-10,13H,5-8,11-12,14H2,1-4H3,(H2,22,23,24). The molecule has 2 N–H and O–H groups in total. The van der Waals surface area contributed by atoms with Crippen molar-refractivity contribution >= 4 is 11.6 Å². The summed E-state index contributed by atoms with van der Waals surface area (Å²) in [5.41, 5.74) is 4.51. The average Bonchev–Trinajstić information content (AvgIpc) is 2.85. The normalized spacial score (nSPS) is 13.9. The molecule has 1 aliphatic heterocycles. The predicted octanol–water partition coefficient (Wildman–Crippen LogP) is 3.28. The Bertz CT molecular complexity index is 828. The molecule has 1 aromatic carbocycles. The van der Waals surface area contributed by atoms with Crippen LogP contribution in [0, 0.1) is 0 Å². The van der Waals surface area contributed by atoms with Gasteiger partial charge < -0.3 is 20.1 Å². The molecule has 0 atom stereocenters. The minimum atomic E-state index is 0.597. The highest BCUT2D eigenvalue weighted by atomic mass is 16.5. The van der Waals surface area contributed by atoms with Gasteiger partial charge in [0, 0.05) is 43.0 Å². The largest absolute Gasteiger partial charge is 0.490 e. The third-order valence-electron chi connectivity index (χ3n) is 4.78. The van der Waals surface area contributed by atoms with Crippen LogP contribution in [0.1, 0.15) is 44.1 Å². The fourth-order valence-electron chi connectivity index (χ4n) is 3.42. The first-order chi connectivity index (χ1) is 13.7. The molecular formula is C21H31N5O2. The maximum Gasteiger partial charge on any atom is 0.196 e. The van der Waals surface area contributed by atoms with Crippen molar-refractivity contribution in [3.05, 3.63) is 35.2 Å². The number of anilines is 1. The Morgan fingerprint density at radius 1 is 1.14 bits per heavy atom. The SMILES string of the molecule is CCNC(=NCc1c(CC)nn(C)c1CC)Nc1ccc2c(c1)OCCCO2. The van der Waals surface area contributed by atoms with Crippen molar-refractivity contribution in [2.45, 2.75) is 46.6 Å². The molecule has 0 amide bonds. The lowest BCUT2D eigenvalue weighted by Crippen LogP contribution is -2.30. The van der Waals surface area contributed by atoms with Gasteiger partial charge in [-0.3, -0.25) is 4.68 Å². The van der Waals surface area contributed by atoms with Crippen molar-refractivity contribution in [2.24, 2.45) is 12.0 Å². The first-order valence-electron chi connectivity index (χ1n) is 10.1. The fraction of sp³-hybridized carbons (Fsp3) is 0.524. The summed E-state index contributed by atoms with van der Waals surface area (Å²) in [7, 11) is 2.01. The van der Waals surface area contributed by atoms with Crippen LogP contribution in [0.3, 0.4) is 0 Å². The van der Waals surface area contributed by atoms with E-state index in [2.05, 4.69) is 36.5 Å². The first kappa shape index (κ1) is 20.0. The fourth-order valence-corrected chi connectivity index (χ4v) is 3.42. The Morgan fingerprint density at radius 2 is 1.93 bits per heavy atom. The van der Waals surface area contributed by atoms with E-state index in [4.69, 9.17) is 14.5 Å². The second-order valence-electron chi connectivity index (χ2n) is 6.73. The van der Waals surface area contributed by atoms with Gasteiger partial charge in [-0.2, -0.15) is 5.10 Å². The lowest BCUT2D eigenvalue weighted by Gasteiger charge is -2.14. The number of aryl methyl sites for hydroxylation is 2. The zero-order chi connectivity index (χ0) is 19.9. The smallest absolute Gasteiger partial charge is 0.196 e. The molecule has 0 aliphatic carbocycles. The zero-order valence-electron chi connectivity index (χ0n) is 17.3. The third kappa shape index (κ3) is 4.58. The summed E-state index contributed by atoms with van der Waals surface area (Å²) < 4.78 is 13.5. The minimum Gasteiger partial charge on any atom is -0.490 e. The molecule has 3 rings (SSSR count). The first-order valence-corrected chi connectivity index (χ1v) is 10.1. The Labute approximate surface area is 167 Å². The van der Waals surface area contributed by atoms with E-state index in [0.717, 1.165) is 54.6 Å². The van der Waals surface area contributed by atoms with E-state index in [1.54, 1.807) is 0 Å². The maximum atomic E-state index is 5.79. The number of hydrogen-bond acceptors (Lipinski definition) is 4. The number of aromatic nitrogens is 2. The molecule has 0 radical (unpaired) electrons. The van der Waals surface area contributed by atoms with Gasteiger partial charge >= 0.3 is 0 Å². The van der Waals surface area contributed by atoms with Crippen molar-refractivity contribution < 1.29 is 9.47 Å². The molecule has 7 nitrogen and oxygen atoms in total. The summed E-state index contributed by atoms with van der Waals surface area (Å²) in [5, 5.41) is 11.3. The molecule has 1 aliphatic rings. The van der Waals surface area contributed by atoms with Gasteiger partial charge in [0.15, 0.2) is 17.5 Å². The van der Waals surface area contributed by atoms with E-state index in [9.17, 15) is 0 Å². The van der Waals surface area contributed by atoms with E-state index >= 15 is 0 Å². The number of fused-ring (bicyclic) bond motifs is 1. The second-order valence-corrected chi connectivity index (χ2v) is 6.73. The molecule has 0 saturated heterocycles.